The highest BCUT2D eigenvalue weighted by molar-refractivity contribution is 7.91. The van der Waals surface area contributed by atoms with Gasteiger partial charge in [-0.1, -0.05) is 24.3 Å². The van der Waals surface area contributed by atoms with Crippen LogP contribution in [0.25, 0.3) is 0 Å². The van der Waals surface area contributed by atoms with Crippen LogP contribution in [-0.2, 0) is 14.6 Å². The zero-order valence-electron chi connectivity index (χ0n) is 13.6. The number of amides is 1. The Hall–Kier alpha value is -2.68. The summed E-state index contributed by atoms with van der Waals surface area (Å²) in [6, 6.07) is 12.3. The van der Waals surface area contributed by atoms with Crippen molar-refractivity contribution >= 4 is 27.1 Å². The van der Waals surface area contributed by atoms with E-state index in [2.05, 4.69) is 5.32 Å². The van der Waals surface area contributed by atoms with Crippen LogP contribution in [0.3, 0.4) is 0 Å². The van der Waals surface area contributed by atoms with Crippen LogP contribution in [0.15, 0.2) is 53.4 Å². The fraction of sp³-hybridized carbons (Fsp3) is 0.235. The molecule has 3 rings (SSSR count). The Balaban J connectivity index is 1.79. The Bertz CT molecular complexity index is 918. The number of alkyl halides is 2. The highest BCUT2D eigenvalue weighted by Crippen LogP contribution is 2.31. The Morgan fingerprint density at radius 1 is 1.15 bits per heavy atom. The molecular formula is C17H16F2N2O4S. The van der Waals surface area contributed by atoms with Gasteiger partial charge < -0.3 is 15.0 Å². The van der Waals surface area contributed by atoms with Crippen LogP contribution in [-0.4, -0.2) is 39.8 Å². The molecule has 0 fully saturated rings. The zero-order chi connectivity index (χ0) is 18.7. The van der Waals surface area contributed by atoms with Crippen molar-refractivity contribution in [2.45, 2.75) is 10.7 Å². The van der Waals surface area contributed by atoms with Gasteiger partial charge in [0.2, 0.25) is 15.7 Å². The quantitative estimate of drug-likeness (QED) is 0.860. The molecule has 1 amide bonds. The summed E-state index contributed by atoms with van der Waals surface area (Å²) in [5, 5.41) is 2.42. The van der Waals surface area contributed by atoms with Crippen molar-refractivity contribution < 1.29 is 26.7 Å². The Morgan fingerprint density at radius 2 is 1.85 bits per heavy atom. The lowest BCUT2D eigenvalue weighted by atomic mass is 10.2. The van der Waals surface area contributed by atoms with Gasteiger partial charge in [0.25, 0.3) is 0 Å². The van der Waals surface area contributed by atoms with Gasteiger partial charge in [-0.25, -0.2) is 8.42 Å². The van der Waals surface area contributed by atoms with E-state index in [1.807, 2.05) is 12.1 Å². The number of fused-ring (bicyclic) bond motifs is 1. The van der Waals surface area contributed by atoms with E-state index in [1.54, 1.807) is 17.0 Å². The van der Waals surface area contributed by atoms with Gasteiger partial charge in [-0.05, 0) is 24.3 Å². The second-order valence-electron chi connectivity index (χ2n) is 5.59. The monoisotopic (exact) mass is 382 g/mol. The molecule has 1 N–H and O–H groups in total. The lowest BCUT2D eigenvalue weighted by Crippen LogP contribution is -2.39. The first-order valence-electron chi connectivity index (χ1n) is 7.77. The summed E-state index contributed by atoms with van der Waals surface area (Å²) < 4.78 is 54.7. The molecule has 0 saturated carbocycles. The van der Waals surface area contributed by atoms with E-state index >= 15 is 0 Å². The molecule has 0 bridgehead atoms. The topological polar surface area (TPSA) is 75.7 Å². The first kappa shape index (κ1) is 18.1. The number of halogens is 2. The maximum absolute atomic E-state index is 12.8. The van der Waals surface area contributed by atoms with Gasteiger partial charge >= 0.3 is 5.76 Å². The molecule has 0 spiro atoms. The Labute approximate surface area is 149 Å². The molecule has 1 aliphatic heterocycles. The molecule has 0 radical (unpaired) electrons. The molecule has 2 aromatic rings. The highest BCUT2D eigenvalue weighted by Gasteiger charge is 2.29. The van der Waals surface area contributed by atoms with Crippen molar-refractivity contribution in [3.8, 4) is 5.75 Å². The van der Waals surface area contributed by atoms with Crippen LogP contribution < -0.4 is 15.0 Å². The normalized spacial score (nSPS) is 13.9. The summed E-state index contributed by atoms with van der Waals surface area (Å²) in [5.74, 6) is -3.43. The van der Waals surface area contributed by atoms with Crippen LogP contribution >= 0.6 is 0 Å². The largest absolute Gasteiger partial charge is 0.490 e. The molecular weight excluding hydrogens is 366 g/mol. The minimum atomic E-state index is -4.82. The zero-order valence-corrected chi connectivity index (χ0v) is 14.4. The number of hydrogen-bond acceptors (Lipinski definition) is 5. The number of ether oxygens (including phenoxy) is 1. The van der Waals surface area contributed by atoms with Gasteiger partial charge in [-0.3, -0.25) is 4.79 Å². The van der Waals surface area contributed by atoms with E-state index in [4.69, 9.17) is 4.74 Å². The number of benzene rings is 2. The molecule has 26 heavy (non-hydrogen) atoms. The predicted octanol–water partition coefficient (Wildman–Crippen LogP) is 2.52. The average Bonchev–Trinajstić information content (AvgIpc) is 2.62. The third kappa shape index (κ3) is 3.62. The fourth-order valence-electron chi connectivity index (χ4n) is 2.67. The third-order valence-electron chi connectivity index (χ3n) is 3.86. The summed E-state index contributed by atoms with van der Waals surface area (Å²) in [6.45, 7) is 0.811. The van der Waals surface area contributed by atoms with Gasteiger partial charge in [-0.15, -0.1) is 0 Å². The number of hydrogen-bond donors (Lipinski definition) is 1. The van der Waals surface area contributed by atoms with Crippen molar-refractivity contribution in [1.29, 1.82) is 0 Å². The molecule has 9 heteroatoms. The van der Waals surface area contributed by atoms with Gasteiger partial charge in [-0.2, -0.15) is 8.78 Å². The first-order valence-corrected chi connectivity index (χ1v) is 9.32. The lowest BCUT2D eigenvalue weighted by Gasteiger charge is -2.30. The van der Waals surface area contributed by atoms with E-state index in [0.717, 1.165) is 11.8 Å². The standard InChI is InChI=1S/C17H16F2N2O4S/c18-17(19)26(23,24)15-8-4-1-5-12(15)20-16(22)11-21-9-10-25-14-7-3-2-6-13(14)21/h1-8,17H,9-11H2,(H,20,22). The molecule has 1 heterocycles. The van der Waals surface area contributed by atoms with Gasteiger partial charge in [0.1, 0.15) is 12.4 Å². The molecule has 138 valence electrons. The average molecular weight is 382 g/mol. The van der Waals surface area contributed by atoms with Gasteiger partial charge in [0.15, 0.2) is 0 Å². The summed E-state index contributed by atoms with van der Waals surface area (Å²) in [5.41, 5.74) is 0.571. The van der Waals surface area contributed by atoms with Crippen molar-refractivity contribution in [1.82, 2.24) is 0 Å². The Morgan fingerprint density at radius 3 is 2.62 bits per heavy atom. The van der Waals surface area contributed by atoms with Crippen LogP contribution in [0.1, 0.15) is 0 Å². The number of nitrogens with one attached hydrogen (secondary N) is 1. The SMILES string of the molecule is O=C(CN1CCOc2ccccc21)Nc1ccccc1S(=O)(=O)C(F)F. The molecule has 0 unspecified atom stereocenters. The van der Waals surface area contributed by atoms with E-state index in [9.17, 15) is 22.0 Å². The van der Waals surface area contributed by atoms with Crippen LogP contribution in [0.5, 0.6) is 5.75 Å². The minimum absolute atomic E-state index is 0.0660. The second-order valence-corrected chi connectivity index (χ2v) is 7.47. The van der Waals surface area contributed by atoms with Crippen LogP contribution in [0.4, 0.5) is 20.2 Å². The van der Waals surface area contributed by atoms with Gasteiger partial charge in [0, 0.05) is 0 Å². The van der Waals surface area contributed by atoms with Crippen molar-refractivity contribution in [3.05, 3.63) is 48.5 Å². The first-order chi connectivity index (χ1) is 12.4. The summed E-state index contributed by atoms with van der Waals surface area (Å²) >= 11 is 0. The number of carbonyl (C=O) groups excluding carboxylic acids is 1. The molecule has 6 nitrogen and oxygen atoms in total. The van der Waals surface area contributed by atoms with Crippen LogP contribution in [0.2, 0.25) is 0 Å². The number of anilines is 2. The van der Waals surface area contributed by atoms with Crippen molar-refractivity contribution in [3.63, 3.8) is 0 Å². The Kier molecular flexibility index (Phi) is 5.08. The smallest absolute Gasteiger partial charge is 0.341 e. The van der Waals surface area contributed by atoms with Crippen molar-refractivity contribution in [2.75, 3.05) is 29.9 Å². The maximum atomic E-state index is 12.8. The van der Waals surface area contributed by atoms with E-state index < -0.39 is 26.4 Å². The number of rotatable bonds is 5. The molecule has 1 aliphatic rings. The third-order valence-corrected chi connectivity index (χ3v) is 5.30. The molecule has 0 atom stereocenters. The second kappa shape index (κ2) is 7.28. The molecule has 0 aromatic heterocycles. The highest BCUT2D eigenvalue weighted by atomic mass is 32.2. The number of para-hydroxylation sites is 3. The van der Waals surface area contributed by atoms with Gasteiger partial charge in [0.05, 0.1) is 29.4 Å². The van der Waals surface area contributed by atoms with E-state index in [0.29, 0.717) is 18.9 Å². The molecule has 0 saturated heterocycles. The minimum Gasteiger partial charge on any atom is -0.490 e. The lowest BCUT2D eigenvalue weighted by molar-refractivity contribution is -0.115. The van der Waals surface area contributed by atoms with E-state index in [1.165, 1.54) is 18.2 Å². The maximum Gasteiger partial charge on any atom is 0.341 e. The molecule has 2 aromatic carbocycles. The van der Waals surface area contributed by atoms with Crippen molar-refractivity contribution in [2.24, 2.45) is 0 Å². The van der Waals surface area contributed by atoms with E-state index in [-0.39, 0.29) is 12.2 Å². The fourth-order valence-corrected chi connectivity index (χ4v) is 3.55. The summed E-state index contributed by atoms with van der Waals surface area (Å²) in [7, 11) is -4.82. The summed E-state index contributed by atoms with van der Waals surface area (Å²) in [6.07, 6.45) is 0. The number of sulfone groups is 1. The number of carbonyl (C=O) groups is 1. The predicted molar refractivity (Wildman–Crippen MR) is 92.4 cm³/mol. The number of nitrogens with zero attached hydrogens (tertiary/aromatic N) is 1. The summed E-state index contributed by atoms with van der Waals surface area (Å²) in [4.78, 5) is 13.5. The van der Waals surface area contributed by atoms with Crippen LogP contribution in [0, 0.1) is 0 Å². The molecule has 0 aliphatic carbocycles.